The third-order valence-corrected chi connectivity index (χ3v) is 1.83. The monoisotopic (exact) mass is 183 g/mol. The van der Waals surface area contributed by atoms with Crippen molar-refractivity contribution in [1.82, 2.24) is 0 Å². The second-order valence-electron chi connectivity index (χ2n) is 2.65. The second kappa shape index (κ2) is 4.87. The zero-order chi connectivity index (χ0) is 8.23. The van der Waals surface area contributed by atoms with Gasteiger partial charge in [0.15, 0.2) is 17.4 Å². The molecule has 0 saturated carbocycles. The summed E-state index contributed by atoms with van der Waals surface area (Å²) in [4.78, 5) is 0. The Kier molecular flexibility index (Phi) is 3.77. The van der Waals surface area contributed by atoms with Crippen LogP contribution >= 0.6 is 0 Å². The van der Waals surface area contributed by atoms with Gasteiger partial charge in [-0.25, -0.2) is 0 Å². The van der Waals surface area contributed by atoms with E-state index in [-0.39, 0.29) is 17.4 Å². The van der Waals surface area contributed by atoms with E-state index in [9.17, 15) is 0 Å². The average molecular weight is 183 g/mol. The molecule has 1 heteroatoms. The van der Waals surface area contributed by atoms with E-state index in [0.717, 1.165) is 0 Å². The Morgan fingerprint density at radius 1 is 0.692 bits per heavy atom. The van der Waals surface area contributed by atoms with Crippen molar-refractivity contribution >= 4 is 17.4 Å². The van der Waals surface area contributed by atoms with Crippen LogP contribution in [-0.2, 0) is 0 Å². The van der Waals surface area contributed by atoms with Crippen LogP contribution in [0.4, 0.5) is 0 Å². The van der Waals surface area contributed by atoms with Crippen molar-refractivity contribution in [2.24, 2.45) is 0 Å². The standard InChI is InChI=1S/C12H9.Al.3H/c1-3-7-11(8-4-1)12-9-5-2-6-10-12;;;;/h1,3-10H;;;;. The van der Waals surface area contributed by atoms with E-state index in [1.165, 1.54) is 11.1 Å². The highest BCUT2D eigenvalue weighted by atomic mass is 27.0. The number of benzene rings is 2. The van der Waals surface area contributed by atoms with Crippen molar-refractivity contribution < 1.29 is 0 Å². The van der Waals surface area contributed by atoms with Gasteiger partial charge in [-0.2, -0.15) is 0 Å². The van der Waals surface area contributed by atoms with Gasteiger partial charge in [0.1, 0.15) is 0 Å². The summed E-state index contributed by atoms with van der Waals surface area (Å²) < 4.78 is 0. The van der Waals surface area contributed by atoms with Crippen molar-refractivity contribution in [3.63, 3.8) is 0 Å². The zero-order valence-electron chi connectivity index (χ0n) is 6.70. The van der Waals surface area contributed by atoms with E-state index >= 15 is 0 Å². The quantitative estimate of drug-likeness (QED) is 0.593. The highest BCUT2D eigenvalue weighted by Gasteiger charge is 1.91. The van der Waals surface area contributed by atoms with Crippen LogP contribution in [0.3, 0.4) is 0 Å². The summed E-state index contributed by atoms with van der Waals surface area (Å²) in [5, 5.41) is 0. The van der Waals surface area contributed by atoms with E-state index in [2.05, 4.69) is 30.3 Å². The van der Waals surface area contributed by atoms with Gasteiger partial charge < -0.3 is 0 Å². The van der Waals surface area contributed by atoms with Crippen LogP contribution in [0, 0.1) is 6.07 Å². The van der Waals surface area contributed by atoms with Crippen LogP contribution in [-0.4, -0.2) is 17.4 Å². The maximum Gasteiger partial charge on any atom is 0.187 e. The third-order valence-electron chi connectivity index (χ3n) is 1.83. The molecule has 2 aromatic carbocycles. The van der Waals surface area contributed by atoms with Gasteiger partial charge in [-0.1, -0.05) is 54.6 Å². The van der Waals surface area contributed by atoms with E-state index in [1.54, 1.807) is 0 Å². The first-order valence-electron chi connectivity index (χ1n) is 3.98. The molecule has 0 aromatic heterocycles. The first kappa shape index (κ1) is 10.1. The van der Waals surface area contributed by atoms with Crippen LogP contribution in [0.15, 0.2) is 54.6 Å². The minimum atomic E-state index is 0. The van der Waals surface area contributed by atoms with Gasteiger partial charge in [0, 0.05) is 0 Å². The van der Waals surface area contributed by atoms with Gasteiger partial charge in [0.05, 0.1) is 0 Å². The summed E-state index contributed by atoms with van der Waals surface area (Å²) in [5.41, 5.74) is 2.50. The SMILES string of the molecule is [AlH3].[c]1ccc(-c2ccccc2)cc1. The van der Waals surface area contributed by atoms with Gasteiger partial charge in [-0.05, 0) is 17.2 Å². The number of rotatable bonds is 1. The Labute approximate surface area is 89.4 Å². The van der Waals surface area contributed by atoms with Gasteiger partial charge in [0.2, 0.25) is 0 Å². The Balaban J connectivity index is 0.000000845. The molecule has 0 unspecified atom stereocenters. The van der Waals surface area contributed by atoms with E-state index in [0.29, 0.717) is 0 Å². The fourth-order valence-electron chi connectivity index (χ4n) is 1.21. The van der Waals surface area contributed by atoms with Crippen molar-refractivity contribution in [3.05, 3.63) is 60.7 Å². The van der Waals surface area contributed by atoms with Gasteiger partial charge in [-0.3, -0.25) is 0 Å². The normalized spacial score (nSPS) is 8.92. The fraction of sp³-hybridized carbons (Fsp3) is 0. The largest absolute Gasteiger partial charge is 0.187 e. The van der Waals surface area contributed by atoms with Crippen molar-refractivity contribution in [2.75, 3.05) is 0 Å². The molecule has 0 aliphatic rings. The summed E-state index contributed by atoms with van der Waals surface area (Å²) in [6.45, 7) is 0. The van der Waals surface area contributed by atoms with Crippen molar-refractivity contribution in [2.45, 2.75) is 0 Å². The molecule has 0 aliphatic carbocycles. The molecular weight excluding hydrogens is 171 g/mol. The molecule has 0 fully saturated rings. The molecule has 0 nitrogen and oxygen atoms in total. The maximum atomic E-state index is 3.00. The van der Waals surface area contributed by atoms with Gasteiger partial charge in [0.25, 0.3) is 0 Å². The lowest BCUT2D eigenvalue weighted by molar-refractivity contribution is 1.61. The summed E-state index contributed by atoms with van der Waals surface area (Å²) in [5.74, 6) is 0. The molecule has 2 rings (SSSR count). The van der Waals surface area contributed by atoms with Crippen LogP contribution in [0.25, 0.3) is 11.1 Å². The van der Waals surface area contributed by atoms with Gasteiger partial charge in [-0.15, -0.1) is 0 Å². The first-order valence-corrected chi connectivity index (χ1v) is 3.98. The Bertz CT molecular complexity index is 303. The predicted molar refractivity (Wildman–Crippen MR) is 60.7 cm³/mol. The second-order valence-corrected chi connectivity index (χ2v) is 2.65. The minimum absolute atomic E-state index is 0. The summed E-state index contributed by atoms with van der Waals surface area (Å²) >= 11 is 0. The zero-order valence-corrected chi connectivity index (χ0v) is 6.70. The minimum Gasteiger partial charge on any atom is -0.0622 e. The summed E-state index contributed by atoms with van der Waals surface area (Å²) in [6.07, 6.45) is 0. The third kappa shape index (κ3) is 2.45. The molecule has 0 N–H and O–H groups in total. The molecule has 0 aliphatic heterocycles. The summed E-state index contributed by atoms with van der Waals surface area (Å²) in [7, 11) is 0. The Hall–Kier alpha value is -1.03. The van der Waals surface area contributed by atoms with E-state index < -0.39 is 0 Å². The molecule has 1 radical (unpaired) electrons. The molecule has 0 amide bonds. The number of hydrogen-bond donors (Lipinski definition) is 0. The fourth-order valence-corrected chi connectivity index (χ4v) is 1.21. The van der Waals surface area contributed by atoms with Crippen LogP contribution in [0.2, 0.25) is 0 Å². The average Bonchev–Trinajstić information content (AvgIpc) is 2.21. The lowest BCUT2D eigenvalue weighted by Crippen LogP contribution is -1.73. The topological polar surface area (TPSA) is 0 Å². The Morgan fingerprint density at radius 2 is 1.23 bits per heavy atom. The van der Waals surface area contributed by atoms with Crippen molar-refractivity contribution in [1.29, 1.82) is 0 Å². The molecular formula is C12H12Al. The van der Waals surface area contributed by atoms with Crippen LogP contribution in [0.1, 0.15) is 0 Å². The first-order chi connectivity index (χ1) is 5.97. The van der Waals surface area contributed by atoms with E-state index in [1.807, 2.05) is 30.3 Å². The molecule has 2 aromatic rings. The Morgan fingerprint density at radius 3 is 1.85 bits per heavy atom. The van der Waals surface area contributed by atoms with E-state index in [4.69, 9.17) is 0 Å². The lowest BCUT2D eigenvalue weighted by Gasteiger charge is -1.98. The summed E-state index contributed by atoms with van der Waals surface area (Å²) in [6, 6.07) is 21.3. The molecule has 0 atom stereocenters. The van der Waals surface area contributed by atoms with Crippen LogP contribution in [0.5, 0.6) is 0 Å². The highest BCUT2D eigenvalue weighted by Crippen LogP contribution is 2.16. The maximum absolute atomic E-state index is 3.00. The number of hydrogen-bond acceptors (Lipinski definition) is 0. The molecule has 63 valence electrons. The molecule has 0 heterocycles. The van der Waals surface area contributed by atoms with Gasteiger partial charge >= 0.3 is 0 Å². The predicted octanol–water partition coefficient (Wildman–Crippen LogP) is 1.97. The lowest BCUT2D eigenvalue weighted by atomic mass is 10.1. The molecule has 0 bridgehead atoms. The highest BCUT2D eigenvalue weighted by molar-refractivity contribution is 5.75. The van der Waals surface area contributed by atoms with Crippen molar-refractivity contribution in [3.8, 4) is 11.1 Å². The molecule has 0 saturated heterocycles. The van der Waals surface area contributed by atoms with Crippen LogP contribution < -0.4 is 0 Å². The molecule has 0 spiro atoms. The molecule has 13 heavy (non-hydrogen) atoms. The smallest absolute Gasteiger partial charge is 0.0622 e.